The highest BCUT2D eigenvalue weighted by Gasteiger charge is 2.15. The molecule has 1 unspecified atom stereocenters. The predicted octanol–water partition coefficient (Wildman–Crippen LogP) is 11.8. The Morgan fingerprint density at radius 1 is 0.574 bits per heavy atom. The predicted molar refractivity (Wildman–Crippen MR) is 191 cm³/mol. The van der Waals surface area contributed by atoms with Gasteiger partial charge in [0.2, 0.25) is 6.29 Å². The second-order valence-corrected chi connectivity index (χ2v) is 12.5. The van der Waals surface area contributed by atoms with Crippen LogP contribution in [0.1, 0.15) is 139 Å². The van der Waals surface area contributed by atoms with Crippen molar-refractivity contribution in [2.45, 2.75) is 136 Å². The van der Waals surface area contributed by atoms with E-state index >= 15 is 0 Å². The first-order chi connectivity index (χ1) is 23.1. The van der Waals surface area contributed by atoms with Crippen molar-refractivity contribution in [3.63, 3.8) is 0 Å². The normalized spacial score (nSPS) is 11.6. The van der Waals surface area contributed by atoms with E-state index in [1.165, 1.54) is 96.0 Å². The summed E-state index contributed by atoms with van der Waals surface area (Å²) in [4.78, 5) is 11.8. The number of rotatable bonds is 27. The Balaban J connectivity index is 1.34. The highest BCUT2D eigenvalue weighted by Crippen LogP contribution is 2.27. The number of carboxylic acids is 1. The minimum absolute atomic E-state index is 0.121. The van der Waals surface area contributed by atoms with E-state index < -0.39 is 12.3 Å². The summed E-state index contributed by atoms with van der Waals surface area (Å²) in [5.41, 5.74) is 1.20. The lowest BCUT2D eigenvalue weighted by atomic mass is 10.0. The van der Waals surface area contributed by atoms with Gasteiger partial charge in [-0.2, -0.15) is 0 Å². The van der Waals surface area contributed by atoms with Gasteiger partial charge in [-0.05, 0) is 36.2 Å². The van der Waals surface area contributed by atoms with E-state index in [9.17, 15) is 9.90 Å². The smallest absolute Gasteiger partial charge is 0.335 e. The molecule has 0 aromatic heterocycles. The van der Waals surface area contributed by atoms with Crippen molar-refractivity contribution in [1.82, 2.24) is 0 Å². The van der Waals surface area contributed by atoms with Gasteiger partial charge in [0.05, 0.1) is 12.2 Å². The topological polar surface area (TPSA) is 74.2 Å². The van der Waals surface area contributed by atoms with Crippen molar-refractivity contribution in [3.05, 3.63) is 83.9 Å². The van der Waals surface area contributed by atoms with Crippen LogP contribution in [0.25, 0.3) is 0 Å². The van der Waals surface area contributed by atoms with Gasteiger partial charge in [-0.1, -0.05) is 147 Å². The summed E-state index contributed by atoms with van der Waals surface area (Å²) in [5.74, 6) is 1.16. The average molecular weight is 647 g/mol. The quantitative estimate of drug-likeness (QED) is 0.0656. The van der Waals surface area contributed by atoms with Crippen molar-refractivity contribution in [2.75, 3.05) is 6.61 Å². The largest absolute Gasteiger partial charge is 0.493 e. The van der Waals surface area contributed by atoms with Crippen LogP contribution in [0.15, 0.2) is 72.8 Å². The molecular weight excluding hydrogens is 588 g/mol. The van der Waals surface area contributed by atoms with E-state index in [4.69, 9.17) is 18.9 Å². The first-order valence-electron chi connectivity index (χ1n) is 18.2. The van der Waals surface area contributed by atoms with Gasteiger partial charge in [0.25, 0.3) is 0 Å². The molecule has 0 saturated carbocycles. The number of hydrogen-bond acceptors (Lipinski definition) is 5. The Morgan fingerprint density at radius 2 is 1.11 bits per heavy atom. The lowest BCUT2D eigenvalue weighted by Crippen LogP contribution is -2.23. The van der Waals surface area contributed by atoms with Crippen LogP contribution in [-0.4, -0.2) is 24.0 Å². The van der Waals surface area contributed by atoms with Crippen molar-refractivity contribution < 1.29 is 28.8 Å². The molecule has 0 heterocycles. The number of hydrogen-bond donors (Lipinski definition) is 1. The van der Waals surface area contributed by atoms with Crippen LogP contribution >= 0.6 is 0 Å². The van der Waals surface area contributed by atoms with Gasteiger partial charge in [0, 0.05) is 18.6 Å². The van der Waals surface area contributed by atoms with Gasteiger partial charge >= 0.3 is 5.97 Å². The van der Waals surface area contributed by atoms with E-state index in [-0.39, 0.29) is 5.56 Å². The number of unbranched alkanes of at least 4 members (excludes halogenated alkanes) is 15. The highest BCUT2D eigenvalue weighted by molar-refractivity contribution is 5.88. The van der Waals surface area contributed by atoms with Crippen LogP contribution in [0, 0.1) is 0 Å². The second kappa shape index (κ2) is 23.6. The zero-order chi connectivity index (χ0) is 33.4. The van der Waals surface area contributed by atoms with E-state index in [2.05, 4.69) is 6.92 Å². The molecule has 1 N–H and O–H groups in total. The summed E-state index contributed by atoms with van der Waals surface area (Å²) in [7, 11) is 0. The monoisotopic (exact) mass is 646 g/mol. The lowest BCUT2D eigenvalue weighted by Gasteiger charge is -2.20. The molecule has 3 rings (SSSR count). The van der Waals surface area contributed by atoms with Crippen LogP contribution < -0.4 is 18.9 Å². The molecule has 0 amide bonds. The zero-order valence-corrected chi connectivity index (χ0v) is 28.9. The molecule has 0 radical (unpaired) electrons. The number of carboxylic acid groups (broad SMARTS) is 1. The molecule has 0 aliphatic carbocycles. The molecule has 0 aliphatic heterocycles. The molecule has 6 nitrogen and oxygen atoms in total. The maximum absolute atomic E-state index is 11.8. The van der Waals surface area contributed by atoms with E-state index in [1.807, 2.05) is 61.5 Å². The Bertz CT molecular complexity index is 1240. The maximum atomic E-state index is 11.8. The van der Waals surface area contributed by atoms with Crippen molar-refractivity contribution in [1.29, 1.82) is 0 Å². The fraction of sp³-hybridized carbons (Fsp3) is 0.537. The molecule has 0 saturated heterocycles. The third-order valence-corrected chi connectivity index (χ3v) is 8.32. The van der Waals surface area contributed by atoms with Crippen LogP contribution in [0.3, 0.4) is 0 Å². The number of benzene rings is 3. The van der Waals surface area contributed by atoms with E-state index in [0.717, 1.165) is 18.4 Å². The van der Waals surface area contributed by atoms with Crippen molar-refractivity contribution in [3.8, 4) is 23.0 Å². The molecule has 0 aliphatic rings. The average Bonchev–Trinajstić information content (AvgIpc) is 3.09. The summed E-state index contributed by atoms with van der Waals surface area (Å²) in [6, 6.07) is 22.2. The van der Waals surface area contributed by atoms with Gasteiger partial charge in [-0.25, -0.2) is 4.79 Å². The van der Waals surface area contributed by atoms with Gasteiger partial charge in [0.15, 0.2) is 0 Å². The van der Waals surface area contributed by atoms with Gasteiger partial charge < -0.3 is 24.1 Å². The second-order valence-electron chi connectivity index (χ2n) is 12.5. The Hall–Kier alpha value is -3.67. The molecule has 1 atom stereocenters. The van der Waals surface area contributed by atoms with Crippen LogP contribution in [0.5, 0.6) is 23.0 Å². The minimum Gasteiger partial charge on any atom is -0.493 e. The maximum Gasteiger partial charge on any atom is 0.335 e. The van der Waals surface area contributed by atoms with E-state index in [0.29, 0.717) is 42.6 Å². The fourth-order valence-electron chi connectivity index (χ4n) is 5.56. The molecule has 3 aromatic rings. The van der Waals surface area contributed by atoms with Gasteiger partial charge in [-0.15, -0.1) is 0 Å². The lowest BCUT2D eigenvalue weighted by molar-refractivity contribution is 0.00285. The number of carbonyl (C=O) groups is 1. The molecule has 0 bridgehead atoms. The van der Waals surface area contributed by atoms with Crippen molar-refractivity contribution >= 4 is 5.97 Å². The first kappa shape index (κ1) is 37.8. The van der Waals surface area contributed by atoms with Gasteiger partial charge in [0.1, 0.15) is 29.6 Å². The summed E-state index contributed by atoms with van der Waals surface area (Å²) < 4.78 is 24.1. The SMILES string of the molecule is CCCCCCCCCCCCCCCCCCOc1cc(OC(CC)Oc2cccc(OCc3ccccc3)c2)cc(C(=O)O)c1. The zero-order valence-electron chi connectivity index (χ0n) is 28.9. The summed E-state index contributed by atoms with van der Waals surface area (Å²) >= 11 is 0. The van der Waals surface area contributed by atoms with Crippen LogP contribution in [0.2, 0.25) is 0 Å². The highest BCUT2D eigenvalue weighted by atomic mass is 16.7. The summed E-state index contributed by atoms with van der Waals surface area (Å²) in [6.07, 6.45) is 21.0. The molecule has 258 valence electrons. The van der Waals surface area contributed by atoms with Crippen LogP contribution in [-0.2, 0) is 6.61 Å². The third-order valence-electron chi connectivity index (χ3n) is 8.32. The molecule has 0 spiro atoms. The summed E-state index contributed by atoms with van der Waals surface area (Å²) in [5, 5.41) is 9.69. The number of aromatic carboxylic acids is 1. The standard InChI is InChI=1S/C41H58O6/c1-3-5-6-7-8-9-10-11-12-13-14-15-16-17-18-22-28-44-38-29-35(41(42)43)30-39(32-38)47-40(4-2)46-37-27-23-26-36(31-37)45-33-34-24-20-19-21-25-34/h19-21,23-27,29-32,40H,3-18,22,28,33H2,1-2H3,(H,42,43). The Labute approximate surface area is 283 Å². The van der Waals surface area contributed by atoms with Gasteiger partial charge in [-0.3, -0.25) is 0 Å². The van der Waals surface area contributed by atoms with E-state index in [1.54, 1.807) is 12.1 Å². The van der Waals surface area contributed by atoms with Crippen molar-refractivity contribution in [2.24, 2.45) is 0 Å². The Kier molecular flexibility index (Phi) is 19.0. The molecule has 47 heavy (non-hydrogen) atoms. The third kappa shape index (κ3) is 16.6. The number of ether oxygens (including phenoxy) is 4. The minimum atomic E-state index is -1.03. The Morgan fingerprint density at radius 3 is 1.70 bits per heavy atom. The molecule has 6 heteroatoms. The first-order valence-corrected chi connectivity index (χ1v) is 18.2. The molecule has 0 fully saturated rings. The fourth-order valence-corrected chi connectivity index (χ4v) is 5.56. The van der Waals surface area contributed by atoms with Crippen LogP contribution in [0.4, 0.5) is 0 Å². The molecule has 3 aromatic carbocycles. The summed E-state index contributed by atoms with van der Waals surface area (Å²) in [6.45, 7) is 5.24. The molecular formula is C41H58O6.